The number of thiazole rings is 1. The number of rotatable bonds is 4. The molecular weight excluding hydrogens is 520 g/mol. The molecule has 4 aliphatic rings. The first-order valence-electron chi connectivity index (χ1n) is 14.2. The molecule has 1 aromatic heterocycles. The van der Waals surface area contributed by atoms with Crippen molar-refractivity contribution in [3.8, 4) is 0 Å². The van der Waals surface area contributed by atoms with Gasteiger partial charge in [0.15, 0.2) is 5.13 Å². The molecule has 2 N–H and O–H groups in total. The number of fused-ring (bicyclic) bond motifs is 2. The quantitative estimate of drug-likeness (QED) is 0.581. The Bertz CT molecular complexity index is 1070. The van der Waals surface area contributed by atoms with Crippen molar-refractivity contribution >= 4 is 46.0 Å². The molecule has 2 saturated heterocycles. The molecule has 8 nitrogen and oxygen atoms in total. The lowest BCUT2D eigenvalue weighted by atomic mass is 9.53. The topological polar surface area (TPSA) is 103 Å². The number of likely N-dealkylation sites (tertiary alicyclic amines) is 1. The summed E-state index contributed by atoms with van der Waals surface area (Å²) in [5.74, 6) is 1.97. The number of aliphatic hydroxyl groups is 1. The van der Waals surface area contributed by atoms with Crippen molar-refractivity contribution in [3.05, 3.63) is 10.6 Å². The van der Waals surface area contributed by atoms with Crippen LogP contribution in [0.3, 0.4) is 0 Å². The van der Waals surface area contributed by atoms with Crippen LogP contribution in [0.4, 0.5) is 5.13 Å². The van der Waals surface area contributed by atoms with Gasteiger partial charge in [0.05, 0.1) is 11.8 Å². The molecule has 2 aliphatic carbocycles. The molecular formula is C28H42N4O4S2. The van der Waals surface area contributed by atoms with E-state index in [1.807, 2.05) is 23.6 Å². The Hall–Kier alpha value is -1.65. The fraction of sp³-hybridized carbons (Fsp3) is 0.786. The minimum atomic E-state index is -0.554. The van der Waals surface area contributed by atoms with Crippen LogP contribution in [-0.2, 0) is 20.8 Å². The normalized spacial score (nSPS) is 32.8. The zero-order valence-electron chi connectivity index (χ0n) is 23.1. The van der Waals surface area contributed by atoms with Crippen LogP contribution in [0.1, 0.15) is 69.9 Å². The van der Waals surface area contributed by atoms with Gasteiger partial charge in [0.2, 0.25) is 17.7 Å². The highest BCUT2D eigenvalue weighted by Gasteiger charge is 2.54. The van der Waals surface area contributed by atoms with Crippen LogP contribution < -0.4 is 5.32 Å². The van der Waals surface area contributed by atoms with Crippen molar-refractivity contribution in [1.82, 2.24) is 14.8 Å². The van der Waals surface area contributed by atoms with Crippen LogP contribution in [0.25, 0.3) is 0 Å². The van der Waals surface area contributed by atoms with E-state index in [0.717, 1.165) is 49.6 Å². The number of aromatic nitrogens is 1. The van der Waals surface area contributed by atoms with Crippen molar-refractivity contribution in [1.29, 1.82) is 0 Å². The van der Waals surface area contributed by atoms with Crippen LogP contribution in [0.15, 0.2) is 0 Å². The number of amides is 3. The second-order valence-electron chi connectivity index (χ2n) is 12.2. The minimum absolute atomic E-state index is 0.0147. The predicted octanol–water partition coefficient (Wildman–Crippen LogP) is 3.60. The maximum Gasteiger partial charge on any atom is 0.229 e. The Morgan fingerprint density at radius 2 is 1.79 bits per heavy atom. The number of aliphatic hydroxyl groups excluding tert-OH is 1. The van der Waals surface area contributed by atoms with Crippen molar-refractivity contribution < 1.29 is 19.5 Å². The second kappa shape index (κ2) is 11.1. The maximum atomic E-state index is 13.3. The number of nitrogens with one attached hydrogen (secondary N) is 1. The highest BCUT2D eigenvalue weighted by molar-refractivity contribution is 7.99. The standard InChI is InChI=1S/C28H42N4O4S2/c1-16(26(36)32-11-13-37-14-12-32)20-5-8-28(4)15-21-23(17(2)22(28)24(20)34)29-27(38-21)30-25(35)19-6-9-31(10-7-19)18(3)33/h16-17,19-20,22,24,34H,5-15H2,1-4H3,(H,29,30,35)/t16-,17-,20+,22+,24-,28+/m0/s1. The SMILES string of the molecule is CC(=O)N1CCC(C(=O)Nc2nc3c(s2)C[C@@]2(C)CC[C@H]([C@H](C)C(=O)N4CCSCC4)[C@H](O)[C@H]2[C@@H]3C)CC1. The summed E-state index contributed by atoms with van der Waals surface area (Å²) in [7, 11) is 0. The van der Waals surface area contributed by atoms with E-state index < -0.39 is 6.10 Å². The maximum absolute atomic E-state index is 13.3. The summed E-state index contributed by atoms with van der Waals surface area (Å²) in [6.07, 6.45) is 3.47. The highest BCUT2D eigenvalue weighted by atomic mass is 32.2. The smallest absolute Gasteiger partial charge is 0.229 e. The first kappa shape index (κ1) is 27.9. The van der Waals surface area contributed by atoms with E-state index in [2.05, 4.69) is 19.2 Å². The second-order valence-corrected chi connectivity index (χ2v) is 14.5. The fourth-order valence-corrected chi connectivity index (χ4v) is 9.69. The Balaban J connectivity index is 1.27. The Labute approximate surface area is 234 Å². The number of carbonyl (C=O) groups is 3. The van der Waals surface area contributed by atoms with Gasteiger partial charge < -0.3 is 20.2 Å². The van der Waals surface area contributed by atoms with Gasteiger partial charge in [-0.1, -0.05) is 20.8 Å². The summed E-state index contributed by atoms with van der Waals surface area (Å²) < 4.78 is 0. The van der Waals surface area contributed by atoms with Crippen molar-refractivity contribution in [3.63, 3.8) is 0 Å². The molecule has 10 heteroatoms. The lowest BCUT2D eigenvalue weighted by Gasteiger charge is -2.53. The van der Waals surface area contributed by atoms with Crippen molar-refractivity contribution in [2.24, 2.45) is 29.1 Å². The molecule has 5 rings (SSSR count). The van der Waals surface area contributed by atoms with E-state index in [1.54, 1.807) is 23.2 Å². The summed E-state index contributed by atoms with van der Waals surface area (Å²) in [5, 5.41) is 15.4. The van der Waals surface area contributed by atoms with Gasteiger partial charge in [-0.3, -0.25) is 14.4 Å². The number of thioether (sulfide) groups is 1. The molecule has 1 aromatic rings. The largest absolute Gasteiger partial charge is 0.392 e. The number of piperidine rings is 1. The number of hydrogen-bond donors (Lipinski definition) is 2. The van der Waals surface area contributed by atoms with E-state index in [9.17, 15) is 19.5 Å². The number of nitrogens with zero attached hydrogens (tertiary/aromatic N) is 3. The molecule has 0 radical (unpaired) electrons. The van der Waals surface area contributed by atoms with E-state index in [-0.39, 0.29) is 52.7 Å². The van der Waals surface area contributed by atoms with Crippen LogP contribution >= 0.6 is 23.1 Å². The molecule has 0 bridgehead atoms. The van der Waals surface area contributed by atoms with Crippen LogP contribution in [0.5, 0.6) is 0 Å². The third-order valence-electron chi connectivity index (χ3n) is 9.82. The molecule has 1 saturated carbocycles. The van der Waals surface area contributed by atoms with E-state index in [4.69, 9.17) is 4.98 Å². The molecule has 3 amide bonds. The van der Waals surface area contributed by atoms with E-state index >= 15 is 0 Å². The minimum Gasteiger partial charge on any atom is -0.392 e. The first-order chi connectivity index (χ1) is 18.1. The lowest BCUT2D eigenvalue weighted by molar-refractivity contribution is -0.144. The van der Waals surface area contributed by atoms with Gasteiger partial charge in [0, 0.05) is 67.2 Å². The molecule has 3 heterocycles. The van der Waals surface area contributed by atoms with Crippen molar-refractivity contribution in [2.75, 3.05) is 43.0 Å². The van der Waals surface area contributed by atoms with Crippen molar-refractivity contribution in [2.45, 2.75) is 71.8 Å². The average Bonchev–Trinajstić information content (AvgIpc) is 3.30. The third-order valence-corrected chi connectivity index (χ3v) is 11.7. The highest BCUT2D eigenvalue weighted by Crippen LogP contribution is 2.57. The summed E-state index contributed by atoms with van der Waals surface area (Å²) in [5.41, 5.74) is 0.936. The number of carbonyl (C=O) groups excluding carboxylic acids is 3. The molecule has 0 aromatic carbocycles. The summed E-state index contributed by atoms with van der Waals surface area (Å²) >= 11 is 3.47. The summed E-state index contributed by atoms with van der Waals surface area (Å²) in [6, 6.07) is 0. The molecule has 2 aliphatic heterocycles. The van der Waals surface area contributed by atoms with Crippen LogP contribution in [-0.4, -0.2) is 81.4 Å². The molecule has 210 valence electrons. The molecule has 0 unspecified atom stereocenters. The third kappa shape index (κ3) is 5.24. The van der Waals surface area contributed by atoms with Gasteiger partial charge in [-0.2, -0.15) is 11.8 Å². The Morgan fingerprint density at radius 1 is 1.11 bits per heavy atom. The average molecular weight is 563 g/mol. The van der Waals surface area contributed by atoms with Gasteiger partial charge >= 0.3 is 0 Å². The fourth-order valence-electron chi connectivity index (χ4n) is 7.52. The Morgan fingerprint density at radius 3 is 2.45 bits per heavy atom. The lowest BCUT2D eigenvalue weighted by Crippen LogP contribution is -2.54. The first-order valence-corrected chi connectivity index (χ1v) is 16.2. The van der Waals surface area contributed by atoms with Crippen LogP contribution in [0, 0.1) is 29.1 Å². The summed E-state index contributed by atoms with van der Waals surface area (Å²) in [6.45, 7) is 10.9. The van der Waals surface area contributed by atoms with Crippen LogP contribution in [0.2, 0.25) is 0 Å². The summed E-state index contributed by atoms with van der Waals surface area (Å²) in [4.78, 5) is 47.8. The van der Waals surface area contributed by atoms with E-state index in [0.29, 0.717) is 31.1 Å². The van der Waals surface area contributed by atoms with Gasteiger partial charge in [-0.15, -0.1) is 11.3 Å². The number of hydrogen-bond acceptors (Lipinski definition) is 7. The molecule has 0 spiro atoms. The van der Waals surface area contributed by atoms with Gasteiger partial charge in [0.1, 0.15) is 0 Å². The molecule has 38 heavy (non-hydrogen) atoms. The van der Waals surface area contributed by atoms with Gasteiger partial charge in [-0.25, -0.2) is 4.98 Å². The zero-order chi connectivity index (χ0) is 27.2. The molecule has 3 fully saturated rings. The van der Waals surface area contributed by atoms with Gasteiger partial charge in [0.25, 0.3) is 0 Å². The Kier molecular flexibility index (Phi) is 8.14. The zero-order valence-corrected chi connectivity index (χ0v) is 24.7. The number of anilines is 1. The monoisotopic (exact) mass is 562 g/mol. The predicted molar refractivity (Wildman–Crippen MR) is 151 cm³/mol. The van der Waals surface area contributed by atoms with E-state index in [1.165, 1.54) is 4.88 Å². The molecule has 6 atom stereocenters. The van der Waals surface area contributed by atoms with Gasteiger partial charge in [-0.05, 0) is 49.4 Å².